The lowest BCUT2D eigenvalue weighted by atomic mass is 9.99. The van der Waals surface area contributed by atoms with Gasteiger partial charge in [-0.3, -0.25) is 9.59 Å². The Hall–Kier alpha value is -3.55. The molecule has 0 fully saturated rings. The van der Waals surface area contributed by atoms with Gasteiger partial charge in [0.25, 0.3) is 0 Å². The monoisotopic (exact) mass is 414 g/mol. The number of allylic oxidation sites excluding steroid dienone is 1. The van der Waals surface area contributed by atoms with Crippen LogP contribution in [0.15, 0.2) is 59.4 Å². The number of amides is 1. The van der Waals surface area contributed by atoms with Crippen molar-refractivity contribution in [3.05, 3.63) is 76.1 Å². The van der Waals surface area contributed by atoms with Crippen LogP contribution >= 0.6 is 0 Å². The number of H-pyrrole nitrogens is 1. The molecule has 0 saturated carbocycles. The zero-order chi connectivity index (χ0) is 21.3. The van der Waals surface area contributed by atoms with Crippen LogP contribution in [0.3, 0.4) is 0 Å². The number of fused-ring (bicyclic) bond motifs is 2. The molecule has 0 unspecified atom stereocenters. The molecule has 1 aliphatic rings. The van der Waals surface area contributed by atoms with Crippen LogP contribution in [0.5, 0.6) is 5.75 Å². The average molecular weight is 414 g/mol. The number of aromatic amines is 1. The van der Waals surface area contributed by atoms with Crippen LogP contribution in [0.2, 0.25) is 0 Å². The predicted molar refractivity (Wildman–Crippen MR) is 107 cm³/mol. The third-order valence-corrected chi connectivity index (χ3v) is 4.80. The van der Waals surface area contributed by atoms with Crippen LogP contribution < -0.4 is 15.6 Å². The summed E-state index contributed by atoms with van der Waals surface area (Å²) in [6.45, 7) is 0.269. The number of anilines is 1. The molecule has 5 nitrogen and oxygen atoms in total. The summed E-state index contributed by atoms with van der Waals surface area (Å²) in [7, 11) is 0. The van der Waals surface area contributed by atoms with Gasteiger partial charge in [-0.15, -0.1) is 0 Å². The van der Waals surface area contributed by atoms with E-state index in [0.29, 0.717) is 35.2 Å². The van der Waals surface area contributed by atoms with Gasteiger partial charge in [-0.2, -0.15) is 13.2 Å². The molecule has 0 bridgehead atoms. The smallest absolute Gasteiger partial charge is 0.416 e. The van der Waals surface area contributed by atoms with Gasteiger partial charge < -0.3 is 15.0 Å². The SMILES string of the molecule is O=C(/C=C1\CCCOc2cc(C(F)(F)F)ccc21)Nc1ccc2ccc(=O)[nH]c2c1. The summed E-state index contributed by atoms with van der Waals surface area (Å²) in [5.41, 5.74) is 1.10. The second-order valence-corrected chi connectivity index (χ2v) is 6.94. The number of ether oxygens (including phenoxy) is 1. The average Bonchev–Trinajstić information content (AvgIpc) is 2.88. The number of alkyl halides is 3. The van der Waals surface area contributed by atoms with Crippen LogP contribution in [0.1, 0.15) is 24.0 Å². The summed E-state index contributed by atoms with van der Waals surface area (Å²) in [6.07, 6.45) is -2.02. The molecule has 0 aliphatic carbocycles. The van der Waals surface area contributed by atoms with E-state index >= 15 is 0 Å². The number of carbonyl (C=O) groups is 1. The summed E-state index contributed by atoms with van der Waals surface area (Å²) in [5.74, 6) is -0.306. The Morgan fingerprint density at radius 3 is 2.70 bits per heavy atom. The fourth-order valence-electron chi connectivity index (χ4n) is 3.38. The Bertz CT molecular complexity index is 1210. The number of hydrogen-bond donors (Lipinski definition) is 2. The summed E-state index contributed by atoms with van der Waals surface area (Å²) in [6, 6.07) is 11.5. The van der Waals surface area contributed by atoms with E-state index in [4.69, 9.17) is 4.74 Å². The fraction of sp³-hybridized carbons (Fsp3) is 0.182. The number of nitrogens with one attached hydrogen (secondary N) is 2. The highest BCUT2D eigenvalue weighted by Crippen LogP contribution is 2.38. The highest BCUT2D eigenvalue weighted by atomic mass is 19.4. The third kappa shape index (κ3) is 4.22. The predicted octanol–water partition coefficient (Wildman–Crippen LogP) is 4.74. The minimum absolute atomic E-state index is 0.115. The molecule has 0 saturated heterocycles. The summed E-state index contributed by atoms with van der Waals surface area (Å²) in [4.78, 5) is 26.7. The number of pyridine rings is 1. The number of aromatic nitrogens is 1. The molecular weight excluding hydrogens is 397 g/mol. The molecule has 30 heavy (non-hydrogen) atoms. The zero-order valence-corrected chi connectivity index (χ0v) is 15.7. The van der Waals surface area contributed by atoms with Crippen molar-refractivity contribution in [2.45, 2.75) is 19.0 Å². The topological polar surface area (TPSA) is 71.2 Å². The number of halogens is 3. The lowest BCUT2D eigenvalue weighted by Gasteiger charge is -2.13. The van der Waals surface area contributed by atoms with E-state index in [2.05, 4.69) is 10.3 Å². The van der Waals surface area contributed by atoms with Gasteiger partial charge in [0.15, 0.2) is 0 Å². The van der Waals surface area contributed by atoms with Crippen molar-refractivity contribution in [3.63, 3.8) is 0 Å². The molecule has 0 spiro atoms. The number of carbonyl (C=O) groups excluding carboxylic acids is 1. The van der Waals surface area contributed by atoms with Crippen LogP contribution in [-0.2, 0) is 11.0 Å². The van der Waals surface area contributed by atoms with Crippen LogP contribution in [-0.4, -0.2) is 17.5 Å². The van der Waals surface area contributed by atoms with Crippen molar-refractivity contribution in [1.82, 2.24) is 4.98 Å². The number of benzene rings is 2. The maximum Gasteiger partial charge on any atom is 0.416 e. The molecule has 1 amide bonds. The summed E-state index contributed by atoms with van der Waals surface area (Å²) >= 11 is 0. The largest absolute Gasteiger partial charge is 0.493 e. The van der Waals surface area contributed by atoms with Gasteiger partial charge in [-0.1, -0.05) is 12.1 Å². The van der Waals surface area contributed by atoms with E-state index < -0.39 is 17.6 Å². The normalized spacial score (nSPS) is 15.4. The maximum atomic E-state index is 13.0. The molecule has 1 aliphatic heterocycles. The minimum atomic E-state index is -4.47. The molecule has 2 aromatic carbocycles. The van der Waals surface area contributed by atoms with Crippen molar-refractivity contribution in [3.8, 4) is 5.75 Å². The summed E-state index contributed by atoms with van der Waals surface area (Å²) < 4.78 is 44.4. The zero-order valence-electron chi connectivity index (χ0n) is 15.7. The first-order valence-corrected chi connectivity index (χ1v) is 9.29. The molecular formula is C22H17F3N2O3. The van der Waals surface area contributed by atoms with Crippen molar-refractivity contribution < 1.29 is 22.7 Å². The lowest BCUT2D eigenvalue weighted by Crippen LogP contribution is -2.10. The quantitative estimate of drug-likeness (QED) is 0.595. The van der Waals surface area contributed by atoms with E-state index in [9.17, 15) is 22.8 Å². The molecule has 0 radical (unpaired) electrons. The van der Waals surface area contributed by atoms with Gasteiger partial charge in [0.2, 0.25) is 11.5 Å². The molecule has 154 valence electrons. The fourth-order valence-corrected chi connectivity index (χ4v) is 3.38. The Kier molecular flexibility index (Phi) is 5.07. The first-order valence-electron chi connectivity index (χ1n) is 9.29. The van der Waals surface area contributed by atoms with Crippen LogP contribution in [0, 0.1) is 0 Å². The van der Waals surface area contributed by atoms with Crippen LogP contribution in [0.4, 0.5) is 18.9 Å². The summed E-state index contributed by atoms with van der Waals surface area (Å²) in [5, 5.41) is 3.55. The van der Waals surface area contributed by atoms with Crippen molar-refractivity contribution in [2.75, 3.05) is 11.9 Å². The third-order valence-electron chi connectivity index (χ3n) is 4.80. The Labute approximate surface area is 169 Å². The maximum absolute atomic E-state index is 13.0. The Morgan fingerprint density at radius 2 is 1.90 bits per heavy atom. The highest BCUT2D eigenvalue weighted by molar-refractivity contribution is 6.05. The van der Waals surface area contributed by atoms with E-state index in [1.165, 1.54) is 18.2 Å². The Morgan fingerprint density at radius 1 is 1.10 bits per heavy atom. The first kappa shape index (κ1) is 19.8. The van der Waals surface area contributed by atoms with Gasteiger partial charge in [-0.25, -0.2) is 0 Å². The van der Waals surface area contributed by atoms with E-state index in [-0.39, 0.29) is 17.9 Å². The van der Waals surface area contributed by atoms with Crippen molar-refractivity contribution in [1.29, 1.82) is 0 Å². The molecule has 3 aromatic rings. The molecule has 8 heteroatoms. The van der Waals surface area contributed by atoms with Crippen LogP contribution in [0.25, 0.3) is 16.5 Å². The van der Waals surface area contributed by atoms with Gasteiger partial charge in [0.05, 0.1) is 17.7 Å². The first-order chi connectivity index (χ1) is 14.3. The van der Waals surface area contributed by atoms with Gasteiger partial charge in [-0.05, 0) is 54.1 Å². The Balaban J connectivity index is 1.61. The second kappa shape index (κ2) is 7.70. The van der Waals surface area contributed by atoms with E-state index in [0.717, 1.165) is 17.5 Å². The van der Waals surface area contributed by atoms with Crippen molar-refractivity contribution in [2.24, 2.45) is 0 Å². The molecule has 4 rings (SSSR count). The second-order valence-electron chi connectivity index (χ2n) is 6.94. The number of rotatable bonds is 2. The van der Waals surface area contributed by atoms with E-state index in [1.54, 1.807) is 24.3 Å². The molecule has 1 aromatic heterocycles. The van der Waals surface area contributed by atoms with Gasteiger partial charge in [0, 0.05) is 23.4 Å². The van der Waals surface area contributed by atoms with Gasteiger partial charge in [0.1, 0.15) is 5.75 Å². The molecule has 2 N–H and O–H groups in total. The van der Waals surface area contributed by atoms with Gasteiger partial charge >= 0.3 is 6.18 Å². The number of hydrogen-bond acceptors (Lipinski definition) is 3. The highest BCUT2D eigenvalue weighted by Gasteiger charge is 2.32. The van der Waals surface area contributed by atoms with E-state index in [1.807, 2.05) is 0 Å². The standard InChI is InChI=1S/C22H17F3N2O3/c23-22(24,25)15-5-7-17-14(2-1-9-30-19(17)11-15)10-21(29)26-16-6-3-13-4-8-20(28)27-18(13)12-16/h3-8,10-12H,1-2,9H2,(H,26,29)(H,27,28)/b14-10+. The minimum Gasteiger partial charge on any atom is -0.493 e. The lowest BCUT2D eigenvalue weighted by molar-refractivity contribution is -0.137. The van der Waals surface area contributed by atoms with Crippen molar-refractivity contribution >= 4 is 28.1 Å². The molecule has 2 heterocycles. The molecule has 0 atom stereocenters.